The number of aryl methyl sites for hydroxylation is 1. The lowest BCUT2D eigenvalue weighted by Gasteiger charge is -2.22. The SMILES string of the molecule is COc1nc(Cl)nc(Oc2ccc(C)cc2C(C)(C)C)n1. The molecule has 0 aliphatic heterocycles. The zero-order chi connectivity index (χ0) is 15.6. The minimum atomic E-state index is -0.0672. The Morgan fingerprint density at radius 1 is 1.05 bits per heavy atom. The predicted molar refractivity (Wildman–Crippen MR) is 81.3 cm³/mol. The molecule has 2 aromatic rings. The van der Waals surface area contributed by atoms with Crippen LogP contribution in [0.3, 0.4) is 0 Å². The highest BCUT2D eigenvalue weighted by Crippen LogP contribution is 2.34. The average Bonchev–Trinajstić information content (AvgIpc) is 2.39. The second kappa shape index (κ2) is 5.85. The zero-order valence-electron chi connectivity index (χ0n) is 12.8. The molecular weight excluding hydrogens is 290 g/mol. The molecule has 0 aliphatic carbocycles. The molecule has 0 aliphatic rings. The van der Waals surface area contributed by atoms with E-state index in [2.05, 4.69) is 41.8 Å². The number of benzene rings is 1. The molecule has 5 nitrogen and oxygen atoms in total. The van der Waals surface area contributed by atoms with Gasteiger partial charge in [-0.05, 0) is 30.0 Å². The van der Waals surface area contributed by atoms with Gasteiger partial charge in [-0.3, -0.25) is 0 Å². The van der Waals surface area contributed by atoms with Crippen LogP contribution in [0.15, 0.2) is 18.2 Å². The van der Waals surface area contributed by atoms with Crippen molar-refractivity contribution in [2.45, 2.75) is 33.1 Å². The van der Waals surface area contributed by atoms with Gasteiger partial charge in [0, 0.05) is 5.56 Å². The van der Waals surface area contributed by atoms with Crippen molar-refractivity contribution in [1.29, 1.82) is 0 Å². The van der Waals surface area contributed by atoms with Gasteiger partial charge in [0.25, 0.3) is 0 Å². The second-order valence-corrected chi connectivity index (χ2v) is 6.06. The maximum Gasteiger partial charge on any atom is 0.329 e. The fourth-order valence-corrected chi connectivity index (χ4v) is 2.01. The van der Waals surface area contributed by atoms with Crippen molar-refractivity contribution in [3.63, 3.8) is 0 Å². The highest BCUT2D eigenvalue weighted by Gasteiger charge is 2.20. The van der Waals surface area contributed by atoms with Gasteiger partial charge in [-0.15, -0.1) is 4.98 Å². The third-order valence-electron chi connectivity index (χ3n) is 2.89. The van der Waals surface area contributed by atoms with Crippen molar-refractivity contribution in [3.8, 4) is 17.8 Å². The molecule has 0 saturated carbocycles. The number of rotatable bonds is 3. The topological polar surface area (TPSA) is 57.1 Å². The Labute approximate surface area is 129 Å². The van der Waals surface area contributed by atoms with E-state index in [1.54, 1.807) is 0 Å². The molecular formula is C15H18ClN3O2. The van der Waals surface area contributed by atoms with Gasteiger partial charge in [-0.2, -0.15) is 9.97 Å². The van der Waals surface area contributed by atoms with E-state index in [1.165, 1.54) is 12.7 Å². The van der Waals surface area contributed by atoms with E-state index < -0.39 is 0 Å². The first-order chi connectivity index (χ1) is 9.79. The van der Waals surface area contributed by atoms with Crippen LogP contribution in [0.1, 0.15) is 31.9 Å². The van der Waals surface area contributed by atoms with Gasteiger partial charge >= 0.3 is 12.0 Å². The predicted octanol–water partition coefficient (Wildman–Crippen LogP) is 3.93. The third-order valence-corrected chi connectivity index (χ3v) is 3.06. The summed E-state index contributed by atoms with van der Waals surface area (Å²) < 4.78 is 10.8. The number of aromatic nitrogens is 3. The van der Waals surface area contributed by atoms with Crippen LogP contribution in [-0.2, 0) is 5.41 Å². The lowest BCUT2D eigenvalue weighted by molar-refractivity contribution is 0.356. The molecule has 0 spiro atoms. The van der Waals surface area contributed by atoms with E-state index in [0.717, 1.165) is 5.56 Å². The van der Waals surface area contributed by atoms with Gasteiger partial charge in [-0.25, -0.2) is 0 Å². The first kappa shape index (κ1) is 15.5. The van der Waals surface area contributed by atoms with Gasteiger partial charge in [-0.1, -0.05) is 38.5 Å². The summed E-state index contributed by atoms with van der Waals surface area (Å²) >= 11 is 5.83. The van der Waals surface area contributed by atoms with Crippen LogP contribution in [0.5, 0.6) is 17.8 Å². The molecule has 0 saturated heterocycles. The largest absolute Gasteiger partial charge is 0.467 e. The monoisotopic (exact) mass is 307 g/mol. The average molecular weight is 308 g/mol. The molecule has 0 N–H and O–H groups in total. The summed E-state index contributed by atoms with van der Waals surface area (Å²) in [6.45, 7) is 8.41. The van der Waals surface area contributed by atoms with Gasteiger partial charge in [0.1, 0.15) is 5.75 Å². The van der Waals surface area contributed by atoms with E-state index >= 15 is 0 Å². The smallest absolute Gasteiger partial charge is 0.329 e. The van der Waals surface area contributed by atoms with E-state index in [1.807, 2.05) is 19.1 Å². The molecule has 1 aromatic heterocycles. The van der Waals surface area contributed by atoms with Gasteiger partial charge in [0.15, 0.2) is 0 Å². The lowest BCUT2D eigenvalue weighted by Crippen LogP contribution is -2.13. The Morgan fingerprint density at radius 3 is 2.33 bits per heavy atom. The summed E-state index contributed by atoms with van der Waals surface area (Å²) in [6, 6.07) is 6.20. The van der Waals surface area contributed by atoms with Crippen LogP contribution in [0, 0.1) is 6.92 Å². The quantitative estimate of drug-likeness (QED) is 0.860. The van der Waals surface area contributed by atoms with Crippen LogP contribution in [0.4, 0.5) is 0 Å². The number of nitrogens with zero attached hydrogens (tertiary/aromatic N) is 3. The maximum atomic E-state index is 5.83. The summed E-state index contributed by atoms with van der Waals surface area (Å²) in [4.78, 5) is 11.8. The van der Waals surface area contributed by atoms with E-state index in [-0.39, 0.29) is 22.7 Å². The number of halogens is 1. The summed E-state index contributed by atoms with van der Waals surface area (Å²) in [7, 11) is 1.46. The second-order valence-electron chi connectivity index (χ2n) is 5.73. The van der Waals surface area contributed by atoms with Gasteiger partial charge < -0.3 is 9.47 Å². The molecule has 6 heteroatoms. The maximum absolute atomic E-state index is 5.83. The minimum Gasteiger partial charge on any atom is -0.467 e. The highest BCUT2D eigenvalue weighted by atomic mass is 35.5. The van der Waals surface area contributed by atoms with Crippen molar-refractivity contribution in [1.82, 2.24) is 15.0 Å². The molecule has 0 bridgehead atoms. The van der Waals surface area contributed by atoms with Crippen LogP contribution in [0.2, 0.25) is 5.28 Å². The molecule has 0 amide bonds. The van der Waals surface area contributed by atoms with Crippen LogP contribution in [0.25, 0.3) is 0 Å². The Bertz CT molecular complexity index is 654. The molecule has 21 heavy (non-hydrogen) atoms. The molecule has 0 fully saturated rings. The summed E-state index contributed by atoms with van der Waals surface area (Å²) in [5, 5.41) is 0.0290. The van der Waals surface area contributed by atoms with Gasteiger partial charge in [0.05, 0.1) is 7.11 Å². The van der Waals surface area contributed by atoms with Crippen LogP contribution in [-0.4, -0.2) is 22.1 Å². The van der Waals surface area contributed by atoms with Crippen molar-refractivity contribution < 1.29 is 9.47 Å². The summed E-state index contributed by atoms with van der Waals surface area (Å²) in [6.07, 6.45) is 0. The first-order valence-corrected chi connectivity index (χ1v) is 6.92. The molecule has 1 heterocycles. The van der Waals surface area contributed by atoms with Crippen molar-refractivity contribution >= 4 is 11.6 Å². The van der Waals surface area contributed by atoms with E-state index in [0.29, 0.717) is 5.75 Å². The third kappa shape index (κ3) is 3.82. The van der Waals surface area contributed by atoms with Gasteiger partial charge in [0.2, 0.25) is 5.28 Å². The van der Waals surface area contributed by atoms with Crippen LogP contribution >= 0.6 is 11.6 Å². The molecule has 112 valence electrons. The standard InChI is InChI=1S/C15H18ClN3O2/c1-9-6-7-11(10(8-9)15(2,3)4)21-14-18-12(16)17-13(19-14)20-5/h6-8H,1-5H3. The Hall–Kier alpha value is -1.88. The fraction of sp³-hybridized carbons (Fsp3) is 0.400. The van der Waals surface area contributed by atoms with Crippen molar-refractivity contribution in [2.24, 2.45) is 0 Å². The summed E-state index contributed by atoms with van der Waals surface area (Å²) in [5.74, 6) is 0.692. The van der Waals surface area contributed by atoms with Crippen LogP contribution < -0.4 is 9.47 Å². The number of hydrogen-bond acceptors (Lipinski definition) is 5. The molecule has 2 rings (SSSR count). The van der Waals surface area contributed by atoms with Crippen molar-refractivity contribution in [2.75, 3.05) is 7.11 Å². The normalized spacial score (nSPS) is 11.3. The summed E-state index contributed by atoms with van der Waals surface area (Å²) in [5.41, 5.74) is 2.17. The van der Waals surface area contributed by atoms with E-state index in [4.69, 9.17) is 21.1 Å². The number of hydrogen-bond donors (Lipinski definition) is 0. The minimum absolute atomic E-state index is 0.0290. The Morgan fingerprint density at radius 2 is 1.71 bits per heavy atom. The Balaban J connectivity index is 2.42. The van der Waals surface area contributed by atoms with Crippen molar-refractivity contribution in [3.05, 3.63) is 34.6 Å². The lowest BCUT2D eigenvalue weighted by atomic mass is 9.85. The number of methoxy groups -OCH3 is 1. The zero-order valence-corrected chi connectivity index (χ0v) is 13.5. The molecule has 0 radical (unpaired) electrons. The Kier molecular flexibility index (Phi) is 4.32. The molecule has 1 aromatic carbocycles. The highest BCUT2D eigenvalue weighted by molar-refractivity contribution is 6.28. The number of ether oxygens (including phenoxy) is 2. The molecule has 0 unspecified atom stereocenters. The molecule has 0 atom stereocenters. The van der Waals surface area contributed by atoms with E-state index in [9.17, 15) is 0 Å². The fourth-order valence-electron chi connectivity index (χ4n) is 1.87. The first-order valence-electron chi connectivity index (χ1n) is 6.54.